The van der Waals surface area contributed by atoms with Crippen molar-refractivity contribution in [3.8, 4) is 0 Å². The first-order valence-corrected chi connectivity index (χ1v) is 12.0. The minimum absolute atomic E-state index is 0.225. The monoisotopic (exact) mass is 416 g/mol. The Bertz CT molecular complexity index is 596. The standard InChI is InChI=1S/C25H40N2O3/c1-26(25(28)30-21-22-11-5-4-6-12-22)23-13-15-24(16-14-23)29-20-10-3-2-7-17-27-18-8-9-19-27/h4-6,11-12,23-24H,2-3,7-10,13-21H2,1H3/t23-,24-. The van der Waals surface area contributed by atoms with E-state index in [4.69, 9.17) is 9.47 Å². The quantitative estimate of drug-likeness (QED) is 0.463. The maximum atomic E-state index is 12.3. The first kappa shape index (κ1) is 23.1. The third-order valence-corrected chi connectivity index (χ3v) is 6.61. The van der Waals surface area contributed by atoms with Crippen molar-refractivity contribution in [3.63, 3.8) is 0 Å². The molecule has 1 amide bonds. The first-order chi connectivity index (χ1) is 14.7. The second-order valence-corrected chi connectivity index (χ2v) is 8.92. The molecule has 5 heteroatoms. The highest BCUT2D eigenvalue weighted by Crippen LogP contribution is 2.25. The third kappa shape index (κ3) is 7.92. The van der Waals surface area contributed by atoms with E-state index < -0.39 is 0 Å². The zero-order chi connectivity index (χ0) is 21.0. The molecular formula is C25H40N2O3. The molecule has 1 saturated carbocycles. The third-order valence-electron chi connectivity index (χ3n) is 6.61. The molecule has 5 nitrogen and oxygen atoms in total. The molecule has 0 unspecified atom stereocenters. The van der Waals surface area contributed by atoms with Gasteiger partial charge in [-0.25, -0.2) is 4.79 Å². The van der Waals surface area contributed by atoms with Crippen LogP contribution >= 0.6 is 0 Å². The smallest absolute Gasteiger partial charge is 0.410 e. The van der Waals surface area contributed by atoms with E-state index in [1.54, 1.807) is 4.90 Å². The lowest BCUT2D eigenvalue weighted by atomic mass is 9.92. The Morgan fingerprint density at radius 1 is 1.00 bits per heavy atom. The minimum atomic E-state index is -0.225. The zero-order valence-electron chi connectivity index (χ0n) is 18.8. The van der Waals surface area contributed by atoms with E-state index in [0.717, 1.165) is 37.9 Å². The second-order valence-electron chi connectivity index (χ2n) is 8.92. The van der Waals surface area contributed by atoms with Gasteiger partial charge in [-0.3, -0.25) is 0 Å². The van der Waals surface area contributed by atoms with Crippen LogP contribution in [0.25, 0.3) is 0 Å². The SMILES string of the molecule is CN(C(=O)OCc1ccccc1)[C@H]1CC[C@H](OCCCCCCN2CCCC2)CC1. The number of likely N-dealkylation sites (tertiary alicyclic amines) is 1. The highest BCUT2D eigenvalue weighted by molar-refractivity contribution is 5.67. The van der Waals surface area contributed by atoms with Crippen LogP contribution in [0.15, 0.2) is 30.3 Å². The van der Waals surface area contributed by atoms with E-state index in [2.05, 4.69) is 4.90 Å². The molecule has 0 radical (unpaired) electrons. The van der Waals surface area contributed by atoms with E-state index in [-0.39, 0.29) is 12.1 Å². The van der Waals surface area contributed by atoms with Crippen molar-refractivity contribution in [2.45, 2.75) is 83.0 Å². The van der Waals surface area contributed by atoms with Crippen molar-refractivity contribution in [1.82, 2.24) is 9.80 Å². The lowest BCUT2D eigenvalue weighted by molar-refractivity contribution is 0.00692. The number of ether oxygens (including phenoxy) is 2. The molecule has 0 spiro atoms. The summed E-state index contributed by atoms with van der Waals surface area (Å²) in [7, 11) is 1.86. The lowest BCUT2D eigenvalue weighted by Crippen LogP contribution is -2.41. The summed E-state index contributed by atoms with van der Waals surface area (Å²) in [4.78, 5) is 16.7. The predicted octanol–water partition coefficient (Wildman–Crippen LogP) is 5.24. The van der Waals surface area contributed by atoms with Crippen molar-refractivity contribution in [1.29, 1.82) is 0 Å². The van der Waals surface area contributed by atoms with Crippen molar-refractivity contribution >= 4 is 6.09 Å². The average Bonchev–Trinajstić information content (AvgIpc) is 3.31. The number of rotatable bonds is 11. The van der Waals surface area contributed by atoms with E-state index in [9.17, 15) is 4.79 Å². The minimum Gasteiger partial charge on any atom is -0.445 e. The van der Waals surface area contributed by atoms with Gasteiger partial charge in [0.2, 0.25) is 0 Å². The summed E-state index contributed by atoms with van der Waals surface area (Å²) in [6.07, 6.45) is 12.1. The van der Waals surface area contributed by atoms with Gasteiger partial charge in [0.25, 0.3) is 0 Å². The van der Waals surface area contributed by atoms with Gasteiger partial charge in [0.15, 0.2) is 0 Å². The summed E-state index contributed by atoms with van der Waals surface area (Å²) < 4.78 is 11.6. The maximum Gasteiger partial charge on any atom is 0.410 e. The predicted molar refractivity (Wildman–Crippen MR) is 121 cm³/mol. The van der Waals surface area contributed by atoms with Crippen LogP contribution in [0.1, 0.15) is 69.8 Å². The summed E-state index contributed by atoms with van der Waals surface area (Å²) in [5.74, 6) is 0. The Labute approximate surface area is 182 Å². The van der Waals surface area contributed by atoms with Crippen LogP contribution < -0.4 is 0 Å². The summed E-state index contributed by atoms with van der Waals surface area (Å²) >= 11 is 0. The fourth-order valence-electron chi connectivity index (χ4n) is 4.62. The van der Waals surface area contributed by atoms with Crippen LogP contribution in [0.2, 0.25) is 0 Å². The first-order valence-electron chi connectivity index (χ1n) is 12.0. The molecule has 0 bridgehead atoms. The molecule has 0 aromatic heterocycles. The molecule has 1 aromatic carbocycles. The van der Waals surface area contributed by atoms with E-state index in [1.165, 1.54) is 58.2 Å². The molecule has 0 atom stereocenters. The number of nitrogens with zero attached hydrogens (tertiary/aromatic N) is 2. The van der Waals surface area contributed by atoms with Gasteiger partial charge < -0.3 is 19.3 Å². The van der Waals surface area contributed by atoms with Crippen molar-refractivity contribution in [2.75, 3.05) is 33.3 Å². The van der Waals surface area contributed by atoms with E-state index >= 15 is 0 Å². The largest absolute Gasteiger partial charge is 0.445 e. The highest BCUT2D eigenvalue weighted by atomic mass is 16.6. The highest BCUT2D eigenvalue weighted by Gasteiger charge is 2.27. The molecule has 168 valence electrons. The molecule has 2 aliphatic rings. The Hall–Kier alpha value is -1.59. The zero-order valence-corrected chi connectivity index (χ0v) is 18.8. The Morgan fingerprint density at radius 2 is 1.70 bits per heavy atom. The number of hydrogen-bond acceptors (Lipinski definition) is 4. The Morgan fingerprint density at radius 3 is 2.43 bits per heavy atom. The van der Waals surface area contributed by atoms with Gasteiger partial charge in [0, 0.05) is 19.7 Å². The number of hydrogen-bond donors (Lipinski definition) is 0. The molecule has 0 N–H and O–H groups in total. The topological polar surface area (TPSA) is 42.0 Å². The van der Waals surface area contributed by atoms with Gasteiger partial charge in [-0.2, -0.15) is 0 Å². The molecule has 2 fully saturated rings. The van der Waals surface area contributed by atoms with Crippen molar-refractivity contribution < 1.29 is 14.3 Å². The normalized spacial score (nSPS) is 22.2. The molecule has 1 saturated heterocycles. The fraction of sp³-hybridized carbons (Fsp3) is 0.720. The van der Waals surface area contributed by atoms with Crippen LogP contribution in [0, 0.1) is 0 Å². The van der Waals surface area contributed by atoms with Crippen LogP contribution in [0.5, 0.6) is 0 Å². The van der Waals surface area contributed by atoms with Crippen LogP contribution in [0.4, 0.5) is 4.79 Å². The van der Waals surface area contributed by atoms with Gasteiger partial charge in [-0.05, 0) is 76.6 Å². The molecular weight excluding hydrogens is 376 g/mol. The lowest BCUT2D eigenvalue weighted by Gasteiger charge is -2.34. The fourth-order valence-corrected chi connectivity index (χ4v) is 4.62. The van der Waals surface area contributed by atoms with Gasteiger partial charge in [-0.1, -0.05) is 43.2 Å². The maximum absolute atomic E-state index is 12.3. The van der Waals surface area contributed by atoms with Gasteiger partial charge in [0.1, 0.15) is 6.61 Å². The van der Waals surface area contributed by atoms with Gasteiger partial charge in [-0.15, -0.1) is 0 Å². The molecule has 1 heterocycles. The summed E-state index contributed by atoms with van der Waals surface area (Å²) in [6, 6.07) is 10.1. The molecule has 1 aliphatic heterocycles. The van der Waals surface area contributed by atoms with Gasteiger partial charge >= 0.3 is 6.09 Å². The van der Waals surface area contributed by atoms with Crippen molar-refractivity contribution in [3.05, 3.63) is 35.9 Å². The molecule has 30 heavy (non-hydrogen) atoms. The summed E-state index contributed by atoms with van der Waals surface area (Å²) in [6.45, 7) is 5.12. The summed E-state index contributed by atoms with van der Waals surface area (Å²) in [5, 5.41) is 0. The van der Waals surface area contributed by atoms with E-state index in [0.29, 0.717) is 12.7 Å². The number of carbonyl (C=O) groups excluding carboxylic acids is 1. The number of unbranched alkanes of at least 4 members (excludes halogenated alkanes) is 3. The molecule has 1 aliphatic carbocycles. The van der Waals surface area contributed by atoms with Crippen LogP contribution in [-0.2, 0) is 16.1 Å². The number of carbonyl (C=O) groups is 1. The second kappa shape index (κ2) is 13.0. The van der Waals surface area contributed by atoms with Crippen LogP contribution in [-0.4, -0.2) is 61.3 Å². The van der Waals surface area contributed by atoms with Crippen molar-refractivity contribution in [2.24, 2.45) is 0 Å². The Balaban J connectivity index is 1.20. The van der Waals surface area contributed by atoms with Crippen LogP contribution in [0.3, 0.4) is 0 Å². The molecule has 3 rings (SSSR count). The van der Waals surface area contributed by atoms with E-state index in [1.807, 2.05) is 37.4 Å². The number of amides is 1. The average molecular weight is 417 g/mol. The van der Waals surface area contributed by atoms with Gasteiger partial charge in [0.05, 0.1) is 6.10 Å². The summed E-state index contributed by atoms with van der Waals surface area (Å²) in [5.41, 5.74) is 1.02. The number of benzene rings is 1. The molecule has 1 aromatic rings. The Kier molecular flexibility index (Phi) is 9.97.